The predicted molar refractivity (Wildman–Crippen MR) is 70.5 cm³/mol. The van der Waals surface area contributed by atoms with Gasteiger partial charge in [0.15, 0.2) is 17.5 Å². The van der Waals surface area contributed by atoms with E-state index in [1.165, 1.54) is 12.1 Å². The second kappa shape index (κ2) is 5.77. The van der Waals surface area contributed by atoms with Gasteiger partial charge in [0.25, 0.3) is 0 Å². The average Bonchev–Trinajstić information content (AvgIpc) is 2.40. The van der Waals surface area contributed by atoms with Gasteiger partial charge in [-0.3, -0.25) is 0 Å². The molecule has 0 bridgehead atoms. The van der Waals surface area contributed by atoms with E-state index in [4.69, 9.17) is 4.74 Å². The van der Waals surface area contributed by atoms with Crippen LogP contribution in [0.5, 0.6) is 6.01 Å². The zero-order chi connectivity index (χ0) is 14.7. The quantitative estimate of drug-likeness (QED) is 0.933. The fraction of sp³-hybridized carbons (Fsp3) is 0.308. The predicted octanol–water partition coefficient (Wildman–Crippen LogP) is 2.65. The minimum absolute atomic E-state index is 0.0111. The molecule has 5 nitrogen and oxygen atoms in total. The van der Waals surface area contributed by atoms with Gasteiger partial charge in [0.1, 0.15) is 0 Å². The number of nitrogens with one attached hydrogen (secondary N) is 1. The van der Waals surface area contributed by atoms with E-state index in [2.05, 4.69) is 20.3 Å². The van der Waals surface area contributed by atoms with Crippen LogP contribution in [0, 0.1) is 11.6 Å². The summed E-state index contributed by atoms with van der Waals surface area (Å²) in [5.74, 6) is -1.73. The van der Waals surface area contributed by atoms with Crippen LogP contribution in [-0.4, -0.2) is 28.1 Å². The fourth-order valence-electron chi connectivity index (χ4n) is 1.53. The van der Waals surface area contributed by atoms with E-state index in [9.17, 15) is 8.78 Å². The maximum atomic E-state index is 13.8. The van der Waals surface area contributed by atoms with E-state index < -0.39 is 11.6 Å². The van der Waals surface area contributed by atoms with Crippen LogP contribution in [0.3, 0.4) is 0 Å². The number of benzene rings is 1. The average molecular weight is 280 g/mol. The molecule has 0 radical (unpaired) electrons. The molecule has 2 aromatic rings. The lowest BCUT2D eigenvalue weighted by atomic mass is 10.2. The van der Waals surface area contributed by atoms with Crippen molar-refractivity contribution in [2.45, 2.75) is 20.0 Å². The summed E-state index contributed by atoms with van der Waals surface area (Å²) >= 11 is 0. The Balaban J connectivity index is 2.52. The number of hydrogen-bond donors (Lipinski definition) is 1. The number of halogens is 2. The van der Waals surface area contributed by atoms with Crippen molar-refractivity contribution < 1.29 is 13.5 Å². The van der Waals surface area contributed by atoms with E-state index in [1.54, 1.807) is 7.05 Å². The summed E-state index contributed by atoms with van der Waals surface area (Å²) in [6.07, 6.45) is -0.146. The molecule has 1 heterocycles. The minimum Gasteiger partial charge on any atom is -0.461 e. The maximum absolute atomic E-state index is 13.8. The normalized spacial score (nSPS) is 10.7. The number of nitrogens with zero attached hydrogens (tertiary/aromatic N) is 3. The highest BCUT2D eigenvalue weighted by atomic mass is 19.2. The Morgan fingerprint density at radius 2 is 1.90 bits per heavy atom. The number of rotatable bonds is 4. The highest BCUT2D eigenvalue weighted by Gasteiger charge is 2.15. The van der Waals surface area contributed by atoms with Gasteiger partial charge in [-0.25, -0.2) is 8.78 Å². The van der Waals surface area contributed by atoms with Crippen molar-refractivity contribution in [3.05, 3.63) is 29.8 Å². The van der Waals surface area contributed by atoms with Gasteiger partial charge in [-0.15, -0.1) is 0 Å². The molecular formula is C13H14F2N4O. The Labute approximate surface area is 115 Å². The topological polar surface area (TPSA) is 59.9 Å². The van der Waals surface area contributed by atoms with Crippen LogP contribution < -0.4 is 10.1 Å². The van der Waals surface area contributed by atoms with E-state index in [0.29, 0.717) is 0 Å². The summed E-state index contributed by atoms with van der Waals surface area (Å²) in [6.45, 7) is 3.62. The summed E-state index contributed by atoms with van der Waals surface area (Å²) in [5, 5.41) is 2.73. The molecule has 0 aliphatic carbocycles. The van der Waals surface area contributed by atoms with Gasteiger partial charge in [-0.1, -0.05) is 6.07 Å². The largest absolute Gasteiger partial charge is 0.461 e. The third kappa shape index (κ3) is 2.98. The van der Waals surface area contributed by atoms with Crippen LogP contribution in [-0.2, 0) is 0 Å². The number of hydrogen-bond acceptors (Lipinski definition) is 5. The second-order valence-corrected chi connectivity index (χ2v) is 4.28. The Bertz CT molecular complexity index is 619. The van der Waals surface area contributed by atoms with E-state index in [-0.39, 0.29) is 29.5 Å². The molecule has 0 amide bonds. The van der Waals surface area contributed by atoms with Crippen molar-refractivity contribution in [1.29, 1.82) is 0 Å². The van der Waals surface area contributed by atoms with Crippen LogP contribution in [0.1, 0.15) is 13.8 Å². The van der Waals surface area contributed by atoms with Crippen LogP contribution in [0.4, 0.5) is 14.7 Å². The molecule has 0 fully saturated rings. The number of anilines is 1. The van der Waals surface area contributed by atoms with Crippen LogP contribution in [0.25, 0.3) is 11.4 Å². The Morgan fingerprint density at radius 3 is 2.55 bits per heavy atom. The summed E-state index contributed by atoms with van der Waals surface area (Å²) < 4.78 is 32.4. The van der Waals surface area contributed by atoms with Crippen molar-refractivity contribution in [3.63, 3.8) is 0 Å². The van der Waals surface area contributed by atoms with Gasteiger partial charge in [0, 0.05) is 7.05 Å². The summed E-state index contributed by atoms with van der Waals surface area (Å²) in [6, 6.07) is 3.87. The van der Waals surface area contributed by atoms with E-state index >= 15 is 0 Å². The Morgan fingerprint density at radius 1 is 1.15 bits per heavy atom. The lowest BCUT2D eigenvalue weighted by molar-refractivity contribution is 0.222. The lowest BCUT2D eigenvalue weighted by Crippen LogP contribution is -2.11. The zero-order valence-corrected chi connectivity index (χ0v) is 11.3. The first-order chi connectivity index (χ1) is 9.51. The highest BCUT2D eigenvalue weighted by molar-refractivity contribution is 5.57. The molecule has 0 aliphatic heterocycles. The molecule has 0 aliphatic rings. The molecule has 2 rings (SSSR count). The van der Waals surface area contributed by atoms with E-state index in [0.717, 1.165) is 6.07 Å². The third-order valence-electron chi connectivity index (χ3n) is 2.37. The molecular weight excluding hydrogens is 266 g/mol. The summed E-state index contributed by atoms with van der Waals surface area (Å²) in [5.41, 5.74) is -0.0440. The second-order valence-electron chi connectivity index (χ2n) is 4.28. The smallest absolute Gasteiger partial charge is 0.322 e. The molecule has 106 valence electrons. The molecule has 20 heavy (non-hydrogen) atoms. The van der Waals surface area contributed by atoms with Gasteiger partial charge in [-0.2, -0.15) is 15.0 Å². The zero-order valence-electron chi connectivity index (χ0n) is 11.3. The van der Waals surface area contributed by atoms with Crippen molar-refractivity contribution in [1.82, 2.24) is 15.0 Å². The first-order valence-corrected chi connectivity index (χ1v) is 6.06. The van der Waals surface area contributed by atoms with Gasteiger partial charge >= 0.3 is 6.01 Å². The maximum Gasteiger partial charge on any atom is 0.322 e. The summed E-state index contributed by atoms with van der Waals surface area (Å²) in [4.78, 5) is 12.0. The molecule has 0 saturated heterocycles. The number of aromatic nitrogens is 3. The first-order valence-electron chi connectivity index (χ1n) is 6.06. The first kappa shape index (κ1) is 14.1. The van der Waals surface area contributed by atoms with Crippen LogP contribution >= 0.6 is 0 Å². The molecule has 1 N–H and O–H groups in total. The van der Waals surface area contributed by atoms with Crippen molar-refractivity contribution in [2.24, 2.45) is 0 Å². The monoisotopic (exact) mass is 280 g/mol. The van der Waals surface area contributed by atoms with Gasteiger partial charge < -0.3 is 10.1 Å². The Kier molecular flexibility index (Phi) is 4.07. The van der Waals surface area contributed by atoms with Gasteiger partial charge in [0.2, 0.25) is 5.95 Å². The van der Waals surface area contributed by atoms with Crippen LogP contribution in [0.15, 0.2) is 18.2 Å². The fourth-order valence-corrected chi connectivity index (χ4v) is 1.53. The molecule has 7 heteroatoms. The molecule has 0 spiro atoms. The van der Waals surface area contributed by atoms with Crippen molar-refractivity contribution >= 4 is 5.95 Å². The molecule has 0 atom stereocenters. The van der Waals surface area contributed by atoms with Crippen LogP contribution in [0.2, 0.25) is 0 Å². The van der Waals surface area contributed by atoms with Gasteiger partial charge in [-0.05, 0) is 26.0 Å². The standard InChI is InChI=1S/C13H14F2N4O/c1-7(2)20-13-18-11(17-12(16-3)19-13)8-5-4-6-9(14)10(8)15/h4-7H,1-3H3,(H,16,17,18,19). The number of ether oxygens (including phenoxy) is 1. The summed E-state index contributed by atoms with van der Waals surface area (Å²) in [7, 11) is 1.61. The Hall–Kier alpha value is -2.31. The van der Waals surface area contributed by atoms with Gasteiger partial charge in [0.05, 0.1) is 11.7 Å². The molecule has 1 aromatic carbocycles. The van der Waals surface area contributed by atoms with Crippen molar-refractivity contribution in [2.75, 3.05) is 12.4 Å². The SMILES string of the molecule is CNc1nc(OC(C)C)nc(-c2cccc(F)c2F)n1. The molecule has 0 saturated carbocycles. The van der Waals surface area contributed by atoms with Crippen molar-refractivity contribution in [3.8, 4) is 17.4 Å². The minimum atomic E-state index is -1.00. The molecule has 0 unspecified atom stereocenters. The molecule has 1 aromatic heterocycles. The van der Waals surface area contributed by atoms with E-state index in [1.807, 2.05) is 13.8 Å². The lowest BCUT2D eigenvalue weighted by Gasteiger charge is -2.10. The third-order valence-corrected chi connectivity index (χ3v) is 2.37. The highest BCUT2D eigenvalue weighted by Crippen LogP contribution is 2.23.